The topological polar surface area (TPSA) is 87.5 Å². The third-order valence-corrected chi connectivity index (χ3v) is 3.14. The third kappa shape index (κ3) is 4.29. The van der Waals surface area contributed by atoms with Gasteiger partial charge in [0.2, 0.25) is 5.91 Å². The van der Waals surface area contributed by atoms with E-state index in [2.05, 4.69) is 15.5 Å². The van der Waals surface area contributed by atoms with Crippen molar-refractivity contribution in [1.29, 1.82) is 0 Å². The minimum atomic E-state index is -0.476. The Morgan fingerprint density at radius 2 is 2.25 bits per heavy atom. The molecule has 0 atom stereocenters. The van der Waals surface area contributed by atoms with Crippen LogP contribution in [0.2, 0.25) is 0 Å². The van der Waals surface area contributed by atoms with Gasteiger partial charge in [-0.1, -0.05) is 6.07 Å². The lowest BCUT2D eigenvalue weighted by Crippen LogP contribution is -2.35. The molecule has 2 N–H and O–H groups in total. The fraction of sp³-hybridized carbons (Fsp3) is 0.462. The number of hydrogen-bond acceptors (Lipinski definition) is 5. The van der Waals surface area contributed by atoms with Crippen molar-refractivity contribution >= 4 is 17.3 Å². The molecular weight excluding hydrogens is 260 g/mol. The predicted molar refractivity (Wildman–Crippen MR) is 75.7 cm³/mol. The van der Waals surface area contributed by atoms with Crippen molar-refractivity contribution in [3.8, 4) is 0 Å². The molecule has 0 radical (unpaired) electrons. The average molecular weight is 278 g/mol. The average Bonchev–Trinajstić information content (AvgIpc) is 2.67. The quantitative estimate of drug-likeness (QED) is 0.629. The molecule has 0 unspecified atom stereocenters. The van der Waals surface area contributed by atoms with Crippen LogP contribution < -0.4 is 10.6 Å². The second-order valence-electron chi connectivity index (χ2n) is 4.74. The van der Waals surface area contributed by atoms with Gasteiger partial charge in [0.05, 0.1) is 11.5 Å². The number of nitro groups is 1. The molecular formula is C13H18N4O3. The van der Waals surface area contributed by atoms with Crippen LogP contribution >= 0.6 is 0 Å². The molecule has 1 saturated heterocycles. The summed E-state index contributed by atoms with van der Waals surface area (Å²) in [5.74, 6) is -0.146. The molecule has 1 amide bonds. The van der Waals surface area contributed by atoms with Crippen LogP contribution in [-0.2, 0) is 4.79 Å². The van der Waals surface area contributed by atoms with Gasteiger partial charge in [0.15, 0.2) is 0 Å². The van der Waals surface area contributed by atoms with E-state index < -0.39 is 4.92 Å². The second kappa shape index (κ2) is 6.97. The van der Waals surface area contributed by atoms with E-state index in [1.807, 2.05) is 0 Å². The summed E-state index contributed by atoms with van der Waals surface area (Å²) in [6.07, 6.45) is 1.02. The van der Waals surface area contributed by atoms with Gasteiger partial charge in [-0.25, -0.2) is 0 Å². The first-order valence-corrected chi connectivity index (χ1v) is 6.62. The molecule has 1 aliphatic rings. The summed E-state index contributed by atoms with van der Waals surface area (Å²) < 4.78 is 0. The molecule has 0 bridgehead atoms. The molecule has 1 aliphatic heterocycles. The summed E-state index contributed by atoms with van der Waals surface area (Å²) in [6, 6.07) is 5.97. The number of carbonyl (C=O) groups is 1. The number of nitrogens with zero attached hydrogens (tertiary/aromatic N) is 2. The lowest BCUT2D eigenvalue weighted by atomic mass is 10.3. The highest BCUT2D eigenvalue weighted by atomic mass is 16.6. The first kappa shape index (κ1) is 14.4. The first-order chi connectivity index (χ1) is 9.65. The van der Waals surface area contributed by atoms with Gasteiger partial charge < -0.3 is 10.6 Å². The van der Waals surface area contributed by atoms with Crippen LogP contribution in [0.4, 0.5) is 11.4 Å². The monoisotopic (exact) mass is 278 g/mol. The van der Waals surface area contributed by atoms with Gasteiger partial charge in [0, 0.05) is 30.9 Å². The van der Waals surface area contributed by atoms with Gasteiger partial charge >= 0.3 is 0 Å². The Labute approximate surface area is 117 Å². The SMILES string of the molecule is O=C(CN1CCCNCC1)Nc1cccc([N+](=O)[O-])c1. The number of benzene rings is 1. The van der Waals surface area contributed by atoms with Crippen LogP contribution in [0.5, 0.6) is 0 Å². The maximum Gasteiger partial charge on any atom is 0.271 e. The lowest BCUT2D eigenvalue weighted by Gasteiger charge is -2.18. The highest BCUT2D eigenvalue weighted by molar-refractivity contribution is 5.92. The van der Waals surface area contributed by atoms with E-state index >= 15 is 0 Å². The van der Waals surface area contributed by atoms with Gasteiger partial charge in [0.1, 0.15) is 0 Å². The lowest BCUT2D eigenvalue weighted by molar-refractivity contribution is -0.384. The van der Waals surface area contributed by atoms with E-state index in [0.29, 0.717) is 12.2 Å². The molecule has 0 saturated carbocycles. The highest BCUT2D eigenvalue weighted by Gasteiger charge is 2.13. The van der Waals surface area contributed by atoms with E-state index in [1.54, 1.807) is 12.1 Å². The minimum Gasteiger partial charge on any atom is -0.325 e. The van der Waals surface area contributed by atoms with Crippen LogP contribution in [-0.4, -0.2) is 48.5 Å². The summed E-state index contributed by atoms with van der Waals surface area (Å²) in [4.78, 5) is 24.2. The van der Waals surface area contributed by atoms with E-state index in [0.717, 1.165) is 32.6 Å². The summed E-state index contributed by atoms with van der Waals surface area (Å²) in [7, 11) is 0. The molecule has 1 aromatic rings. The van der Waals surface area contributed by atoms with Crippen LogP contribution in [0.3, 0.4) is 0 Å². The molecule has 1 fully saturated rings. The van der Waals surface area contributed by atoms with Crippen molar-refractivity contribution in [2.24, 2.45) is 0 Å². The molecule has 0 aliphatic carbocycles. The fourth-order valence-electron chi connectivity index (χ4n) is 2.16. The molecule has 1 aromatic carbocycles. The number of non-ortho nitro benzene ring substituents is 1. The summed E-state index contributed by atoms with van der Waals surface area (Å²) in [5.41, 5.74) is 0.430. The van der Waals surface area contributed by atoms with Gasteiger partial charge in [-0.15, -0.1) is 0 Å². The Morgan fingerprint density at radius 1 is 1.40 bits per heavy atom. The van der Waals surface area contributed by atoms with Crippen molar-refractivity contribution in [1.82, 2.24) is 10.2 Å². The Kier molecular flexibility index (Phi) is 5.03. The van der Waals surface area contributed by atoms with Crippen molar-refractivity contribution < 1.29 is 9.72 Å². The second-order valence-corrected chi connectivity index (χ2v) is 4.74. The van der Waals surface area contributed by atoms with E-state index in [-0.39, 0.29) is 11.6 Å². The molecule has 7 nitrogen and oxygen atoms in total. The van der Waals surface area contributed by atoms with Gasteiger partial charge in [0.25, 0.3) is 5.69 Å². The van der Waals surface area contributed by atoms with Gasteiger partial charge in [-0.05, 0) is 25.6 Å². The molecule has 0 aromatic heterocycles. The van der Waals surface area contributed by atoms with Crippen LogP contribution in [0.15, 0.2) is 24.3 Å². The fourth-order valence-corrected chi connectivity index (χ4v) is 2.16. The number of nitro benzene ring substituents is 1. The molecule has 108 valence electrons. The molecule has 1 heterocycles. The Bertz CT molecular complexity index is 484. The number of carbonyl (C=O) groups excluding carboxylic acids is 1. The van der Waals surface area contributed by atoms with Gasteiger partial charge in [-0.3, -0.25) is 19.8 Å². The number of anilines is 1. The summed E-state index contributed by atoms with van der Waals surface area (Å²) >= 11 is 0. The van der Waals surface area contributed by atoms with E-state index in [4.69, 9.17) is 0 Å². The number of hydrogen-bond donors (Lipinski definition) is 2. The molecule has 20 heavy (non-hydrogen) atoms. The third-order valence-electron chi connectivity index (χ3n) is 3.14. The maximum absolute atomic E-state index is 11.9. The highest BCUT2D eigenvalue weighted by Crippen LogP contribution is 2.16. The van der Waals surface area contributed by atoms with Crippen molar-refractivity contribution in [3.63, 3.8) is 0 Å². The predicted octanol–water partition coefficient (Wildman–Crippen LogP) is 0.829. The largest absolute Gasteiger partial charge is 0.325 e. The van der Waals surface area contributed by atoms with E-state index in [9.17, 15) is 14.9 Å². The van der Waals surface area contributed by atoms with Crippen molar-refractivity contribution in [3.05, 3.63) is 34.4 Å². The van der Waals surface area contributed by atoms with E-state index in [1.165, 1.54) is 12.1 Å². The maximum atomic E-state index is 11.9. The normalized spacial score (nSPS) is 16.4. The minimum absolute atomic E-state index is 0.0261. The van der Waals surface area contributed by atoms with Crippen molar-refractivity contribution in [2.45, 2.75) is 6.42 Å². The zero-order valence-corrected chi connectivity index (χ0v) is 11.2. The Hall–Kier alpha value is -1.99. The van der Waals surface area contributed by atoms with Gasteiger partial charge in [-0.2, -0.15) is 0 Å². The Morgan fingerprint density at radius 3 is 3.05 bits per heavy atom. The standard InChI is InChI=1S/C13H18N4O3/c18-13(10-16-7-2-5-14-6-8-16)15-11-3-1-4-12(9-11)17(19)20/h1,3-4,9,14H,2,5-8,10H2,(H,15,18). The van der Waals surface area contributed by atoms with Crippen LogP contribution in [0.1, 0.15) is 6.42 Å². The van der Waals surface area contributed by atoms with Crippen LogP contribution in [0, 0.1) is 10.1 Å². The summed E-state index contributed by atoms with van der Waals surface area (Å²) in [6.45, 7) is 3.88. The number of nitrogens with one attached hydrogen (secondary N) is 2. The van der Waals surface area contributed by atoms with Crippen LogP contribution in [0.25, 0.3) is 0 Å². The smallest absolute Gasteiger partial charge is 0.271 e. The number of rotatable bonds is 4. The molecule has 7 heteroatoms. The Balaban J connectivity index is 1.90. The summed E-state index contributed by atoms with van der Waals surface area (Å²) in [5, 5.41) is 16.6. The zero-order chi connectivity index (χ0) is 14.4. The first-order valence-electron chi connectivity index (χ1n) is 6.62. The molecule has 2 rings (SSSR count). The number of amides is 1. The molecule has 0 spiro atoms. The van der Waals surface area contributed by atoms with Crippen molar-refractivity contribution in [2.75, 3.05) is 38.0 Å². The zero-order valence-electron chi connectivity index (χ0n) is 11.2.